The standard InChI is InChI=1S/C8H11NO/c1-3-7-4-8(2,6-10)5-9-7/h3-4,6,9H,1,5H2,2H3. The quantitative estimate of drug-likeness (QED) is 0.572. The van der Waals surface area contributed by atoms with Crippen molar-refractivity contribution in [1.82, 2.24) is 5.32 Å². The Hall–Kier alpha value is -1.05. The molecule has 0 amide bonds. The average Bonchev–Trinajstić information content (AvgIpc) is 2.33. The maximum Gasteiger partial charge on any atom is 0.131 e. The van der Waals surface area contributed by atoms with Gasteiger partial charge in [-0.25, -0.2) is 0 Å². The summed E-state index contributed by atoms with van der Waals surface area (Å²) >= 11 is 0. The molecule has 0 spiro atoms. The van der Waals surface area contributed by atoms with Crippen LogP contribution in [0.1, 0.15) is 6.92 Å². The lowest BCUT2D eigenvalue weighted by molar-refractivity contribution is -0.113. The summed E-state index contributed by atoms with van der Waals surface area (Å²) in [5.41, 5.74) is 0.637. The Kier molecular flexibility index (Phi) is 1.62. The monoisotopic (exact) mass is 137 g/mol. The zero-order chi connectivity index (χ0) is 7.61. The first kappa shape index (κ1) is 7.06. The minimum absolute atomic E-state index is 0.316. The summed E-state index contributed by atoms with van der Waals surface area (Å²) in [5.74, 6) is 0. The van der Waals surface area contributed by atoms with Crippen LogP contribution >= 0.6 is 0 Å². The lowest BCUT2D eigenvalue weighted by atomic mass is 9.95. The first-order valence-corrected chi connectivity index (χ1v) is 3.26. The van der Waals surface area contributed by atoms with E-state index in [1.165, 1.54) is 0 Å². The lowest BCUT2D eigenvalue weighted by Gasteiger charge is -2.09. The number of rotatable bonds is 2. The van der Waals surface area contributed by atoms with E-state index >= 15 is 0 Å². The highest BCUT2D eigenvalue weighted by Gasteiger charge is 2.25. The van der Waals surface area contributed by atoms with E-state index in [9.17, 15) is 4.79 Å². The minimum Gasteiger partial charge on any atom is -0.384 e. The molecule has 0 aliphatic carbocycles. The molecule has 0 saturated carbocycles. The molecule has 0 aromatic carbocycles. The smallest absolute Gasteiger partial charge is 0.131 e. The molecule has 0 saturated heterocycles. The maximum atomic E-state index is 10.5. The van der Waals surface area contributed by atoms with Crippen LogP contribution in [0, 0.1) is 5.41 Å². The zero-order valence-corrected chi connectivity index (χ0v) is 6.05. The SMILES string of the molecule is C=CC1=CC(C)(C=O)CN1. The van der Waals surface area contributed by atoms with Gasteiger partial charge in [0.2, 0.25) is 0 Å². The summed E-state index contributed by atoms with van der Waals surface area (Å²) in [6, 6.07) is 0. The number of carbonyl (C=O) groups is 1. The Labute approximate surface area is 60.6 Å². The van der Waals surface area contributed by atoms with Crippen molar-refractivity contribution in [3.8, 4) is 0 Å². The van der Waals surface area contributed by atoms with Crippen molar-refractivity contribution in [2.45, 2.75) is 6.92 Å². The van der Waals surface area contributed by atoms with Crippen molar-refractivity contribution in [1.29, 1.82) is 0 Å². The highest BCUT2D eigenvalue weighted by Crippen LogP contribution is 2.21. The summed E-state index contributed by atoms with van der Waals surface area (Å²) in [6.45, 7) is 6.18. The van der Waals surface area contributed by atoms with E-state index in [2.05, 4.69) is 11.9 Å². The first-order chi connectivity index (χ1) is 4.70. The second-order valence-corrected chi connectivity index (χ2v) is 2.78. The van der Waals surface area contributed by atoms with Gasteiger partial charge in [-0.05, 0) is 19.1 Å². The van der Waals surface area contributed by atoms with E-state index in [4.69, 9.17) is 0 Å². The van der Waals surface area contributed by atoms with E-state index in [1.54, 1.807) is 6.08 Å². The molecule has 2 heteroatoms. The molecule has 54 valence electrons. The summed E-state index contributed by atoms with van der Waals surface area (Å²) in [6.07, 6.45) is 4.57. The molecule has 10 heavy (non-hydrogen) atoms. The topological polar surface area (TPSA) is 29.1 Å². The highest BCUT2D eigenvalue weighted by atomic mass is 16.1. The number of hydrogen-bond donors (Lipinski definition) is 1. The Morgan fingerprint density at radius 1 is 1.90 bits per heavy atom. The van der Waals surface area contributed by atoms with Crippen LogP contribution in [-0.4, -0.2) is 12.8 Å². The van der Waals surface area contributed by atoms with E-state index in [-0.39, 0.29) is 5.41 Å². The van der Waals surface area contributed by atoms with Crippen LogP contribution in [0.5, 0.6) is 0 Å². The predicted octanol–water partition coefficient (Wildman–Crippen LogP) is 0.865. The third-order valence-corrected chi connectivity index (χ3v) is 1.65. The van der Waals surface area contributed by atoms with Crippen LogP contribution in [0.4, 0.5) is 0 Å². The molecule has 1 aliphatic heterocycles. The van der Waals surface area contributed by atoms with Gasteiger partial charge in [0.25, 0.3) is 0 Å². The van der Waals surface area contributed by atoms with Gasteiger partial charge < -0.3 is 10.1 Å². The molecule has 0 radical (unpaired) electrons. The number of nitrogens with one attached hydrogen (secondary N) is 1. The third kappa shape index (κ3) is 1.10. The highest BCUT2D eigenvalue weighted by molar-refractivity contribution is 5.64. The molecule has 0 fully saturated rings. The van der Waals surface area contributed by atoms with Crippen molar-refractivity contribution in [3.05, 3.63) is 24.4 Å². The number of aldehydes is 1. The Balaban J connectivity index is 2.79. The van der Waals surface area contributed by atoms with Crippen molar-refractivity contribution in [2.24, 2.45) is 5.41 Å². The largest absolute Gasteiger partial charge is 0.384 e. The third-order valence-electron chi connectivity index (χ3n) is 1.65. The maximum absolute atomic E-state index is 10.5. The van der Waals surface area contributed by atoms with Gasteiger partial charge in [0.1, 0.15) is 6.29 Å². The van der Waals surface area contributed by atoms with Gasteiger partial charge in [0.15, 0.2) is 0 Å². The molecular formula is C8H11NO. The second-order valence-electron chi connectivity index (χ2n) is 2.78. The Morgan fingerprint density at radius 2 is 2.60 bits per heavy atom. The van der Waals surface area contributed by atoms with E-state index in [0.29, 0.717) is 6.54 Å². The number of hydrogen-bond acceptors (Lipinski definition) is 2. The van der Waals surface area contributed by atoms with Crippen LogP contribution < -0.4 is 5.32 Å². The molecule has 2 nitrogen and oxygen atoms in total. The molecule has 1 N–H and O–H groups in total. The zero-order valence-electron chi connectivity index (χ0n) is 6.05. The van der Waals surface area contributed by atoms with Gasteiger partial charge in [-0.3, -0.25) is 0 Å². The van der Waals surface area contributed by atoms with Gasteiger partial charge in [0.05, 0.1) is 5.41 Å². The summed E-state index contributed by atoms with van der Waals surface area (Å²) in [4.78, 5) is 10.5. The van der Waals surface area contributed by atoms with Crippen molar-refractivity contribution >= 4 is 6.29 Å². The fraction of sp³-hybridized carbons (Fsp3) is 0.375. The van der Waals surface area contributed by atoms with E-state index in [0.717, 1.165) is 12.0 Å². The van der Waals surface area contributed by atoms with Crippen LogP contribution in [-0.2, 0) is 4.79 Å². The van der Waals surface area contributed by atoms with Crippen LogP contribution in [0.25, 0.3) is 0 Å². The predicted molar refractivity (Wildman–Crippen MR) is 40.5 cm³/mol. The van der Waals surface area contributed by atoms with Gasteiger partial charge in [-0.15, -0.1) is 0 Å². The van der Waals surface area contributed by atoms with E-state index < -0.39 is 0 Å². The second kappa shape index (κ2) is 2.29. The van der Waals surface area contributed by atoms with Gasteiger partial charge in [0, 0.05) is 12.2 Å². The van der Waals surface area contributed by atoms with Gasteiger partial charge >= 0.3 is 0 Å². The fourth-order valence-electron chi connectivity index (χ4n) is 0.957. The summed E-state index contributed by atoms with van der Waals surface area (Å²) in [7, 11) is 0. The molecule has 1 rings (SSSR count). The van der Waals surface area contributed by atoms with Crippen LogP contribution in [0.15, 0.2) is 24.4 Å². The minimum atomic E-state index is -0.316. The van der Waals surface area contributed by atoms with Gasteiger partial charge in [-0.1, -0.05) is 6.58 Å². The molecule has 0 bridgehead atoms. The molecule has 0 aromatic heterocycles. The molecule has 1 aliphatic rings. The molecular weight excluding hydrogens is 126 g/mol. The fourth-order valence-corrected chi connectivity index (χ4v) is 0.957. The molecule has 1 unspecified atom stereocenters. The summed E-state index contributed by atoms with van der Waals surface area (Å²) < 4.78 is 0. The van der Waals surface area contributed by atoms with Crippen molar-refractivity contribution < 1.29 is 4.79 Å². The normalized spacial score (nSPS) is 30.7. The lowest BCUT2D eigenvalue weighted by Crippen LogP contribution is -2.22. The Bertz CT molecular complexity index is 195. The average molecular weight is 137 g/mol. The van der Waals surface area contributed by atoms with E-state index in [1.807, 2.05) is 13.0 Å². The molecule has 1 atom stereocenters. The summed E-state index contributed by atoms with van der Waals surface area (Å²) in [5, 5.41) is 3.06. The van der Waals surface area contributed by atoms with Crippen molar-refractivity contribution in [2.75, 3.05) is 6.54 Å². The molecule has 1 heterocycles. The van der Waals surface area contributed by atoms with Crippen LogP contribution in [0.3, 0.4) is 0 Å². The molecule has 0 aromatic rings. The first-order valence-electron chi connectivity index (χ1n) is 3.26. The number of carbonyl (C=O) groups excluding carboxylic acids is 1. The van der Waals surface area contributed by atoms with Gasteiger partial charge in [-0.2, -0.15) is 0 Å². The van der Waals surface area contributed by atoms with Crippen LogP contribution in [0.2, 0.25) is 0 Å². The Morgan fingerprint density at radius 3 is 2.90 bits per heavy atom. The van der Waals surface area contributed by atoms with Crippen molar-refractivity contribution in [3.63, 3.8) is 0 Å². The number of allylic oxidation sites excluding steroid dienone is 1.